The molecule has 1 aliphatic rings. The second kappa shape index (κ2) is 7.78. The number of allylic oxidation sites excluding steroid dienone is 1. The van der Waals surface area contributed by atoms with Gasteiger partial charge in [0.25, 0.3) is 0 Å². The number of rotatable bonds is 3. The van der Waals surface area contributed by atoms with E-state index < -0.39 is 0 Å². The number of benzene rings is 1. The molecule has 2 heterocycles. The Kier molecular flexibility index (Phi) is 5.04. The van der Waals surface area contributed by atoms with Crippen LogP contribution in [0.25, 0.3) is 17.2 Å². The molecule has 0 bridgehead atoms. The molecule has 4 rings (SSSR count). The predicted octanol–water partition coefficient (Wildman–Crippen LogP) is 5.64. The zero-order valence-corrected chi connectivity index (χ0v) is 16.2. The molecule has 0 unspecified atom stereocenters. The van der Waals surface area contributed by atoms with Crippen molar-refractivity contribution >= 4 is 6.08 Å². The topological polar surface area (TPSA) is 49.6 Å². The lowest BCUT2D eigenvalue weighted by molar-refractivity contribution is 0.327. The van der Waals surface area contributed by atoms with Gasteiger partial charge < -0.3 is 0 Å². The Hall–Kier alpha value is -3.25. The Morgan fingerprint density at radius 1 is 1.04 bits per heavy atom. The molecule has 1 aromatic carbocycles. The summed E-state index contributed by atoms with van der Waals surface area (Å²) < 4.78 is 0. The molecule has 3 heteroatoms. The third-order valence-corrected chi connectivity index (χ3v) is 5.88. The van der Waals surface area contributed by atoms with E-state index in [0.717, 1.165) is 23.2 Å². The predicted molar refractivity (Wildman–Crippen MR) is 112 cm³/mol. The maximum atomic E-state index is 9.30. The first-order chi connectivity index (χ1) is 13.7. The van der Waals surface area contributed by atoms with Gasteiger partial charge in [-0.25, -0.2) is 0 Å². The highest BCUT2D eigenvalue weighted by Gasteiger charge is 2.30. The number of hydrogen-bond donors (Lipinski definition) is 0. The molecule has 138 valence electrons. The number of nitriles is 1. The Morgan fingerprint density at radius 2 is 1.89 bits per heavy atom. The van der Waals surface area contributed by atoms with Crippen molar-refractivity contribution in [1.29, 1.82) is 5.26 Å². The second-order valence-corrected chi connectivity index (χ2v) is 7.59. The summed E-state index contributed by atoms with van der Waals surface area (Å²) in [6.45, 7) is 4.63. The molecule has 2 aromatic heterocycles. The molecule has 1 aliphatic carbocycles. The number of pyridine rings is 2. The standard InChI is InChI=1S/C25H23N3/c1-17-14-25-24(8-5-13-27-25)22(18(17)2)12-11-21-10-9-20(16-28-21)23-7-4-3-6-19(23)15-26/h3-13,16-18,22H,14H2,1-2H3/t17-,18+,22-/m0/s1. The molecule has 0 saturated heterocycles. The molecule has 0 saturated carbocycles. The Bertz CT molecular complexity index is 1040. The molecule has 0 aliphatic heterocycles. The maximum absolute atomic E-state index is 9.30. The summed E-state index contributed by atoms with van der Waals surface area (Å²) in [5.41, 5.74) is 6.03. The highest BCUT2D eigenvalue weighted by molar-refractivity contribution is 5.70. The highest BCUT2D eigenvalue weighted by atomic mass is 14.7. The molecule has 3 nitrogen and oxygen atoms in total. The third kappa shape index (κ3) is 3.46. The zero-order valence-electron chi connectivity index (χ0n) is 16.2. The van der Waals surface area contributed by atoms with Gasteiger partial charge in [0, 0.05) is 35.1 Å². The lowest BCUT2D eigenvalue weighted by Gasteiger charge is -2.33. The molecule has 0 fully saturated rings. The minimum atomic E-state index is 0.355. The normalized spacial score (nSPS) is 21.2. The SMILES string of the molecule is C[C@H]1[C@H](C=Cc2ccc(-c3ccccc3C#N)cn2)c2cccnc2C[C@@H]1C. The van der Waals surface area contributed by atoms with Gasteiger partial charge in [0.15, 0.2) is 0 Å². The largest absolute Gasteiger partial charge is 0.261 e. The fraction of sp³-hybridized carbons (Fsp3) is 0.240. The summed E-state index contributed by atoms with van der Waals surface area (Å²) in [5.74, 6) is 1.53. The van der Waals surface area contributed by atoms with E-state index >= 15 is 0 Å². The van der Waals surface area contributed by atoms with Crippen molar-refractivity contribution in [2.45, 2.75) is 26.2 Å². The molecular weight excluding hydrogens is 342 g/mol. The zero-order chi connectivity index (χ0) is 19.5. The van der Waals surface area contributed by atoms with E-state index in [-0.39, 0.29) is 0 Å². The first-order valence-corrected chi connectivity index (χ1v) is 9.75. The van der Waals surface area contributed by atoms with Gasteiger partial charge in [-0.15, -0.1) is 0 Å². The average molecular weight is 365 g/mol. The number of fused-ring (bicyclic) bond motifs is 1. The van der Waals surface area contributed by atoms with Crippen molar-refractivity contribution in [2.24, 2.45) is 11.8 Å². The summed E-state index contributed by atoms with van der Waals surface area (Å²) in [6.07, 6.45) is 9.16. The van der Waals surface area contributed by atoms with Crippen LogP contribution >= 0.6 is 0 Å². The van der Waals surface area contributed by atoms with Crippen LogP contribution in [0.1, 0.15) is 42.3 Å². The molecule has 0 N–H and O–H groups in total. The number of aromatic nitrogens is 2. The lowest BCUT2D eigenvalue weighted by atomic mass is 9.72. The van der Waals surface area contributed by atoms with Gasteiger partial charge >= 0.3 is 0 Å². The lowest BCUT2D eigenvalue weighted by Crippen LogP contribution is -2.25. The Morgan fingerprint density at radius 3 is 2.68 bits per heavy atom. The summed E-state index contributed by atoms with van der Waals surface area (Å²) in [7, 11) is 0. The smallest absolute Gasteiger partial charge is 0.0998 e. The fourth-order valence-corrected chi connectivity index (χ4v) is 4.03. The van der Waals surface area contributed by atoms with Gasteiger partial charge in [0.2, 0.25) is 0 Å². The van der Waals surface area contributed by atoms with Crippen LogP contribution < -0.4 is 0 Å². The van der Waals surface area contributed by atoms with Gasteiger partial charge in [0.1, 0.15) is 0 Å². The van der Waals surface area contributed by atoms with E-state index in [2.05, 4.69) is 48.1 Å². The molecule has 3 atom stereocenters. The van der Waals surface area contributed by atoms with Crippen LogP contribution in [0.2, 0.25) is 0 Å². The maximum Gasteiger partial charge on any atom is 0.0998 e. The van der Waals surface area contributed by atoms with E-state index in [1.807, 2.05) is 54.9 Å². The highest BCUT2D eigenvalue weighted by Crippen LogP contribution is 2.39. The van der Waals surface area contributed by atoms with E-state index in [4.69, 9.17) is 0 Å². The second-order valence-electron chi connectivity index (χ2n) is 7.59. The molecular formula is C25H23N3. The first-order valence-electron chi connectivity index (χ1n) is 9.75. The van der Waals surface area contributed by atoms with Crippen LogP contribution in [0.5, 0.6) is 0 Å². The number of hydrogen-bond acceptors (Lipinski definition) is 3. The van der Waals surface area contributed by atoms with Crippen molar-refractivity contribution < 1.29 is 0 Å². The molecule has 28 heavy (non-hydrogen) atoms. The monoisotopic (exact) mass is 365 g/mol. The fourth-order valence-electron chi connectivity index (χ4n) is 4.03. The van der Waals surface area contributed by atoms with Crippen molar-refractivity contribution in [3.8, 4) is 17.2 Å². The summed E-state index contributed by atoms with van der Waals surface area (Å²) >= 11 is 0. The average Bonchev–Trinajstić information content (AvgIpc) is 2.74. The molecule has 0 amide bonds. The van der Waals surface area contributed by atoms with Crippen LogP contribution in [-0.2, 0) is 6.42 Å². The van der Waals surface area contributed by atoms with Crippen LogP contribution in [0, 0.1) is 23.2 Å². The van der Waals surface area contributed by atoms with E-state index in [9.17, 15) is 5.26 Å². The molecule has 0 radical (unpaired) electrons. The van der Waals surface area contributed by atoms with E-state index in [1.54, 1.807) is 0 Å². The summed E-state index contributed by atoms with van der Waals surface area (Å²) in [4.78, 5) is 9.20. The van der Waals surface area contributed by atoms with Crippen LogP contribution in [-0.4, -0.2) is 9.97 Å². The van der Waals surface area contributed by atoms with Crippen molar-refractivity contribution in [1.82, 2.24) is 9.97 Å². The number of nitrogens with zero attached hydrogens (tertiary/aromatic N) is 3. The van der Waals surface area contributed by atoms with E-state index in [1.165, 1.54) is 11.3 Å². The van der Waals surface area contributed by atoms with Gasteiger partial charge in [0.05, 0.1) is 17.3 Å². The minimum Gasteiger partial charge on any atom is -0.261 e. The summed E-state index contributed by atoms with van der Waals surface area (Å²) in [5, 5.41) is 9.30. The molecule has 0 spiro atoms. The van der Waals surface area contributed by atoms with Gasteiger partial charge in [-0.05, 0) is 48.1 Å². The Balaban J connectivity index is 1.60. The van der Waals surface area contributed by atoms with E-state index in [0.29, 0.717) is 23.3 Å². The minimum absolute atomic E-state index is 0.355. The van der Waals surface area contributed by atoms with Gasteiger partial charge in [-0.2, -0.15) is 5.26 Å². The van der Waals surface area contributed by atoms with Crippen molar-refractivity contribution in [2.75, 3.05) is 0 Å². The van der Waals surface area contributed by atoms with Crippen LogP contribution in [0.15, 0.2) is 67.0 Å². The van der Waals surface area contributed by atoms with Gasteiger partial charge in [-0.1, -0.05) is 50.3 Å². The quantitative estimate of drug-likeness (QED) is 0.603. The Labute approximate surface area is 166 Å². The van der Waals surface area contributed by atoms with Gasteiger partial charge in [-0.3, -0.25) is 9.97 Å². The third-order valence-electron chi connectivity index (χ3n) is 5.88. The van der Waals surface area contributed by atoms with Crippen molar-refractivity contribution in [3.05, 3.63) is 89.5 Å². The molecule has 3 aromatic rings. The summed E-state index contributed by atoms with van der Waals surface area (Å²) in [6, 6.07) is 18.1. The first kappa shape index (κ1) is 18.1. The van der Waals surface area contributed by atoms with Crippen molar-refractivity contribution in [3.63, 3.8) is 0 Å². The van der Waals surface area contributed by atoms with Crippen LogP contribution in [0.4, 0.5) is 0 Å². The van der Waals surface area contributed by atoms with Crippen LogP contribution in [0.3, 0.4) is 0 Å².